The molecule has 0 atom stereocenters. The zero-order valence-corrected chi connectivity index (χ0v) is 13.1. The molecule has 9 heteroatoms. The van der Waals surface area contributed by atoms with Crippen LogP contribution in [-0.4, -0.2) is 40.2 Å². The Labute approximate surface area is 136 Å². The number of nitrogens with one attached hydrogen (secondary N) is 2. The first-order valence-corrected chi connectivity index (χ1v) is 7.23. The van der Waals surface area contributed by atoms with Crippen molar-refractivity contribution >= 4 is 22.9 Å². The van der Waals surface area contributed by atoms with Gasteiger partial charge in [-0.05, 0) is 6.07 Å². The van der Waals surface area contributed by atoms with E-state index in [2.05, 4.69) is 30.5 Å². The molecule has 0 saturated carbocycles. The van der Waals surface area contributed by atoms with Crippen molar-refractivity contribution < 1.29 is 4.79 Å². The average molecular weight is 322 g/mol. The van der Waals surface area contributed by atoms with Gasteiger partial charge in [-0.15, -0.1) is 0 Å². The van der Waals surface area contributed by atoms with Crippen molar-refractivity contribution in [2.24, 2.45) is 14.1 Å². The molecule has 0 spiro atoms. The molecular formula is C15H14N8O. The number of fused-ring (bicyclic) bond motifs is 1. The Hall–Kier alpha value is -3.49. The van der Waals surface area contributed by atoms with E-state index < -0.39 is 0 Å². The quantitative estimate of drug-likeness (QED) is 0.592. The molecule has 4 aromatic heterocycles. The van der Waals surface area contributed by atoms with Gasteiger partial charge in [-0.2, -0.15) is 5.10 Å². The zero-order chi connectivity index (χ0) is 16.7. The number of carbonyl (C=O) groups excluding carboxylic acids is 1. The predicted octanol–water partition coefficient (Wildman–Crippen LogP) is 1.34. The molecule has 0 aliphatic heterocycles. The Morgan fingerprint density at radius 2 is 2.04 bits per heavy atom. The van der Waals surface area contributed by atoms with Crippen LogP contribution in [0.5, 0.6) is 0 Å². The summed E-state index contributed by atoms with van der Waals surface area (Å²) in [5.41, 5.74) is 2.53. The van der Waals surface area contributed by atoms with Gasteiger partial charge in [0.2, 0.25) is 0 Å². The number of anilines is 1. The molecule has 9 nitrogen and oxygen atoms in total. The molecule has 4 heterocycles. The van der Waals surface area contributed by atoms with Gasteiger partial charge in [0.05, 0.1) is 11.9 Å². The first-order chi connectivity index (χ1) is 11.6. The molecule has 0 bridgehead atoms. The third-order valence-electron chi connectivity index (χ3n) is 3.70. The number of amides is 1. The minimum Gasteiger partial charge on any atom is -0.333 e. The number of rotatable bonds is 3. The number of imidazole rings is 2. The fraction of sp³-hybridized carbons (Fsp3) is 0.133. The second kappa shape index (κ2) is 5.30. The van der Waals surface area contributed by atoms with Crippen LogP contribution in [0.4, 0.5) is 5.82 Å². The Morgan fingerprint density at radius 3 is 2.83 bits per heavy atom. The van der Waals surface area contributed by atoms with Crippen LogP contribution in [0.1, 0.15) is 10.4 Å². The van der Waals surface area contributed by atoms with Gasteiger partial charge in [-0.25, -0.2) is 15.0 Å². The summed E-state index contributed by atoms with van der Waals surface area (Å²) in [5.74, 6) is 0.853. The lowest BCUT2D eigenvalue weighted by Crippen LogP contribution is -2.12. The molecule has 24 heavy (non-hydrogen) atoms. The summed E-state index contributed by atoms with van der Waals surface area (Å²) in [6.07, 6.45) is 6.71. The largest absolute Gasteiger partial charge is 0.333 e. The minimum atomic E-state index is -0.298. The van der Waals surface area contributed by atoms with Crippen LogP contribution in [0.25, 0.3) is 22.7 Å². The highest BCUT2D eigenvalue weighted by molar-refractivity contribution is 6.05. The van der Waals surface area contributed by atoms with Crippen molar-refractivity contribution in [1.29, 1.82) is 0 Å². The summed E-state index contributed by atoms with van der Waals surface area (Å²) in [4.78, 5) is 25.1. The molecule has 1 amide bonds. The highest BCUT2D eigenvalue weighted by atomic mass is 16.1. The first-order valence-electron chi connectivity index (χ1n) is 7.23. The standard InChI is InChI=1S/C15H14N8O/c1-22-4-3-16-14(22)11-6-12(21-20-11)19-15(24)9-5-10-13(17-7-9)23(2)8-18-10/h3-8H,1-2H3,(H2,19,20,21,24). The van der Waals surface area contributed by atoms with Gasteiger partial charge in [0.15, 0.2) is 17.3 Å². The average Bonchev–Trinajstić information content (AvgIpc) is 3.28. The fourth-order valence-electron chi connectivity index (χ4n) is 2.45. The number of pyridine rings is 1. The Balaban J connectivity index is 1.57. The number of nitrogens with zero attached hydrogens (tertiary/aromatic N) is 6. The van der Waals surface area contributed by atoms with E-state index in [4.69, 9.17) is 0 Å². The van der Waals surface area contributed by atoms with E-state index in [-0.39, 0.29) is 5.91 Å². The van der Waals surface area contributed by atoms with Crippen molar-refractivity contribution in [3.63, 3.8) is 0 Å². The van der Waals surface area contributed by atoms with Crippen LogP contribution in [0.2, 0.25) is 0 Å². The molecule has 4 aromatic rings. The van der Waals surface area contributed by atoms with Gasteiger partial charge in [0.25, 0.3) is 5.91 Å². The van der Waals surface area contributed by atoms with Crippen LogP contribution >= 0.6 is 0 Å². The summed E-state index contributed by atoms with van der Waals surface area (Å²) >= 11 is 0. The normalized spacial score (nSPS) is 11.1. The molecule has 0 saturated heterocycles. The van der Waals surface area contributed by atoms with Gasteiger partial charge < -0.3 is 14.5 Å². The van der Waals surface area contributed by atoms with Crippen LogP contribution in [-0.2, 0) is 14.1 Å². The molecule has 120 valence electrons. The highest BCUT2D eigenvalue weighted by Crippen LogP contribution is 2.18. The lowest BCUT2D eigenvalue weighted by Gasteiger charge is -2.01. The topological polar surface area (TPSA) is 106 Å². The van der Waals surface area contributed by atoms with E-state index in [1.807, 2.05) is 24.9 Å². The van der Waals surface area contributed by atoms with Gasteiger partial charge in [-0.1, -0.05) is 0 Å². The van der Waals surface area contributed by atoms with Gasteiger partial charge in [-0.3, -0.25) is 9.89 Å². The number of aryl methyl sites for hydroxylation is 2. The zero-order valence-electron chi connectivity index (χ0n) is 13.1. The molecule has 0 radical (unpaired) electrons. The summed E-state index contributed by atoms with van der Waals surface area (Å²) in [7, 11) is 3.74. The monoisotopic (exact) mass is 322 g/mol. The van der Waals surface area contributed by atoms with E-state index in [9.17, 15) is 4.79 Å². The molecule has 2 N–H and O–H groups in total. The summed E-state index contributed by atoms with van der Waals surface area (Å²) in [6, 6.07) is 3.43. The number of aromatic amines is 1. The maximum Gasteiger partial charge on any atom is 0.258 e. The van der Waals surface area contributed by atoms with Gasteiger partial charge in [0.1, 0.15) is 11.2 Å². The summed E-state index contributed by atoms with van der Waals surface area (Å²) in [6.45, 7) is 0. The summed E-state index contributed by atoms with van der Waals surface area (Å²) in [5, 5.41) is 9.69. The van der Waals surface area contributed by atoms with Crippen molar-refractivity contribution in [3.05, 3.63) is 42.6 Å². The van der Waals surface area contributed by atoms with Crippen LogP contribution < -0.4 is 5.32 Å². The Morgan fingerprint density at radius 1 is 1.17 bits per heavy atom. The number of H-pyrrole nitrogens is 1. The van der Waals surface area contributed by atoms with Crippen molar-refractivity contribution in [2.45, 2.75) is 0 Å². The minimum absolute atomic E-state index is 0.298. The molecule has 4 rings (SSSR count). The van der Waals surface area contributed by atoms with E-state index in [1.54, 1.807) is 29.2 Å². The Kier molecular flexibility index (Phi) is 3.12. The predicted molar refractivity (Wildman–Crippen MR) is 87.3 cm³/mol. The van der Waals surface area contributed by atoms with Crippen molar-refractivity contribution in [2.75, 3.05) is 5.32 Å². The van der Waals surface area contributed by atoms with E-state index in [0.29, 0.717) is 16.9 Å². The van der Waals surface area contributed by atoms with Crippen molar-refractivity contribution in [3.8, 4) is 11.5 Å². The lowest BCUT2D eigenvalue weighted by molar-refractivity contribution is 0.102. The Bertz CT molecular complexity index is 1040. The molecule has 0 aromatic carbocycles. The van der Waals surface area contributed by atoms with Crippen molar-refractivity contribution in [1.82, 2.24) is 34.3 Å². The third kappa shape index (κ3) is 2.32. The van der Waals surface area contributed by atoms with Gasteiger partial charge in [0, 0.05) is 38.8 Å². The third-order valence-corrected chi connectivity index (χ3v) is 3.70. The van der Waals surface area contributed by atoms with Crippen LogP contribution in [0.3, 0.4) is 0 Å². The van der Waals surface area contributed by atoms with E-state index >= 15 is 0 Å². The summed E-state index contributed by atoms with van der Waals surface area (Å²) < 4.78 is 3.65. The molecule has 0 aliphatic rings. The maximum absolute atomic E-state index is 12.4. The maximum atomic E-state index is 12.4. The molecule has 0 unspecified atom stereocenters. The number of hydrogen-bond acceptors (Lipinski definition) is 5. The SMILES string of the molecule is Cn1ccnc1-c1cc(NC(=O)c2cnc3c(c2)ncn3C)n[nH]1. The number of hydrogen-bond donors (Lipinski definition) is 2. The second-order valence-corrected chi connectivity index (χ2v) is 5.40. The molecule has 0 aliphatic carbocycles. The van der Waals surface area contributed by atoms with Crippen LogP contribution in [0, 0.1) is 0 Å². The molecular weight excluding hydrogens is 308 g/mol. The lowest BCUT2D eigenvalue weighted by atomic mass is 10.2. The van der Waals surface area contributed by atoms with Gasteiger partial charge >= 0.3 is 0 Å². The molecule has 0 fully saturated rings. The van der Waals surface area contributed by atoms with E-state index in [0.717, 1.165) is 17.2 Å². The fourth-order valence-corrected chi connectivity index (χ4v) is 2.45. The highest BCUT2D eigenvalue weighted by Gasteiger charge is 2.13. The number of aromatic nitrogens is 7. The second-order valence-electron chi connectivity index (χ2n) is 5.40. The van der Waals surface area contributed by atoms with E-state index in [1.165, 1.54) is 6.20 Å². The first kappa shape index (κ1) is 14.1. The number of carbonyl (C=O) groups is 1. The smallest absolute Gasteiger partial charge is 0.258 e. The van der Waals surface area contributed by atoms with Crippen LogP contribution in [0.15, 0.2) is 37.1 Å².